The minimum absolute atomic E-state index is 0.546. The van der Waals surface area contributed by atoms with Crippen LogP contribution in [-0.2, 0) is 10.2 Å². The highest BCUT2D eigenvalue weighted by Gasteiger charge is 2.24. The highest BCUT2D eigenvalue weighted by Crippen LogP contribution is 2.19. The maximum absolute atomic E-state index is 11.9. The molecule has 1 aliphatic carbocycles. The van der Waals surface area contributed by atoms with Crippen molar-refractivity contribution in [3.05, 3.63) is 11.6 Å². The second kappa shape index (κ2) is 5.98. The van der Waals surface area contributed by atoms with Crippen LogP contribution in [0.3, 0.4) is 0 Å². The molecule has 0 saturated carbocycles. The van der Waals surface area contributed by atoms with Gasteiger partial charge in [-0.05, 0) is 44.9 Å². The SMILES string of the molecule is O=S(=O)(NCCC1=CCCCC1)N1CCCC1. The zero-order chi connectivity index (χ0) is 12.1. The molecule has 0 radical (unpaired) electrons. The minimum Gasteiger partial charge on any atom is -0.202 e. The van der Waals surface area contributed by atoms with Gasteiger partial charge < -0.3 is 0 Å². The summed E-state index contributed by atoms with van der Waals surface area (Å²) in [5, 5.41) is 0. The fourth-order valence-corrected chi connectivity index (χ4v) is 3.77. The molecule has 0 amide bonds. The summed E-state index contributed by atoms with van der Waals surface area (Å²) in [4.78, 5) is 0. The van der Waals surface area contributed by atoms with E-state index in [0.29, 0.717) is 19.6 Å². The van der Waals surface area contributed by atoms with E-state index in [4.69, 9.17) is 0 Å². The molecule has 1 heterocycles. The minimum atomic E-state index is -3.20. The Labute approximate surface area is 104 Å². The molecule has 0 atom stereocenters. The average Bonchev–Trinajstić information content (AvgIpc) is 2.84. The van der Waals surface area contributed by atoms with Gasteiger partial charge in [0.1, 0.15) is 0 Å². The molecule has 1 N–H and O–H groups in total. The van der Waals surface area contributed by atoms with E-state index in [0.717, 1.165) is 32.1 Å². The Kier molecular flexibility index (Phi) is 4.59. The van der Waals surface area contributed by atoms with E-state index in [1.807, 2.05) is 0 Å². The summed E-state index contributed by atoms with van der Waals surface area (Å²) in [5.41, 5.74) is 1.42. The summed E-state index contributed by atoms with van der Waals surface area (Å²) in [6.45, 7) is 1.90. The molecule has 1 fully saturated rings. The van der Waals surface area contributed by atoms with Crippen molar-refractivity contribution in [2.75, 3.05) is 19.6 Å². The van der Waals surface area contributed by atoms with Crippen LogP contribution in [0.2, 0.25) is 0 Å². The number of rotatable bonds is 5. The first-order valence-electron chi connectivity index (χ1n) is 6.61. The second-order valence-corrected chi connectivity index (χ2v) is 6.62. The first-order valence-corrected chi connectivity index (χ1v) is 8.05. The molecule has 0 bridgehead atoms. The average molecular weight is 258 g/mol. The lowest BCUT2D eigenvalue weighted by Gasteiger charge is -2.17. The van der Waals surface area contributed by atoms with Crippen LogP contribution in [0.15, 0.2) is 11.6 Å². The molecule has 98 valence electrons. The van der Waals surface area contributed by atoms with Crippen molar-refractivity contribution in [2.45, 2.75) is 44.9 Å². The lowest BCUT2D eigenvalue weighted by molar-refractivity contribution is 0.465. The van der Waals surface area contributed by atoms with Crippen molar-refractivity contribution < 1.29 is 8.42 Å². The molecule has 0 aromatic heterocycles. The molecule has 0 aromatic rings. The van der Waals surface area contributed by atoms with Gasteiger partial charge in [0, 0.05) is 19.6 Å². The number of hydrogen-bond acceptors (Lipinski definition) is 2. The number of nitrogens with zero attached hydrogens (tertiary/aromatic N) is 1. The number of allylic oxidation sites excluding steroid dienone is 1. The summed E-state index contributed by atoms with van der Waals surface area (Å²) < 4.78 is 28.0. The van der Waals surface area contributed by atoms with E-state index >= 15 is 0 Å². The van der Waals surface area contributed by atoms with Gasteiger partial charge in [-0.25, -0.2) is 4.72 Å². The molecule has 4 nitrogen and oxygen atoms in total. The molecule has 5 heteroatoms. The van der Waals surface area contributed by atoms with Crippen molar-refractivity contribution in [3.63, 3.8) is 0 Å². The molecule has 17 heavy (non-hydrogen) atoms. The summed E-state index contributed by atoms with van der Waals surface area (Å²) in [5.74, 6) is 0. The van der Waals surface area contributed by atoms with E-state index in [1.54, 1.807) is 4.31 Å². The molecular formula is C12H22N2O2S. The van der Waals surface area contributed by atoms with Crippen molar-refractivity contribution in [1.29, 1.82) is 0 Å². The normalized spacial score (nSPS) is 22.7. The Bertz CT molecular complexity index is 370. The predicted octanol–water partition coefficient (Wildman–Crippen LogP) is 1.81. The first kappa shape index (κ1) is 13.1. The largest absolute Gasteiger partial charge is 0.279 e. The lowest BCUT2D eigenvalue weighted by Crippen LogP contribution is -2.39. The maximum atomic E-state index is 11.9. The fraction of sp³-hybridized carbons (Fsp3) is 0.833. The number of nitrogens with one attached hydrogen (secondary N) is 1. The first-order chi connectivity index (χ1) is 8.18. The molecule has 0 spiro atoms. The Morgan fingerprint density at radius 2 is 1.94 bits per heavy atom. The summed E-state index contributed by atoms with van der Waals surface area (Å²) >= 11 is 0. The Hall–Kier alpha value is -0.390. The Morgan fingerprint density at radius 3 is 2.59 bits per heavy atom. The highest BCUT2D eigenvalue weighted by molar-refractivity contribution is 7.87. The smallest absolute Gasteiger partial charge is 0.202 e. The van der Waals surface area contributed by atoms with E-state index in [1.165, 1.54) is 18.4 Å². The standard InChI is InChI=1S/C12H22N2O2S/c15-17(16,14-10-4-5-11-14)13-9-8-12-6-2-1-3-7-12/h6,13H,1-5,7-11H2. The summed E-state index contributed by atoms with van der Waals surface area (Å²) in [6, 6.07) is 0. The fourth-order valence-electron chi connectivity index (χ4n) is 2.49. The third-order valence-electron chi connectivity index (χ3n) is 3.52. The predicted molar refractivity (Wildman–Crippen MR) is 68.9 cm³/mol. The van der Waals surface area contributed by atoms with Crippen LogP contribution in [0.4, 0.5) is 0 Å². The van der Waals surface area contributed by atoms with E-state index < -0.39 is 10.2 Å². The van der Waals surface area contributed by atoms with Gasteiger partial charge in [0.2, 0.25) is 0 Å². The van der Waals surface area contributed by atoms with Crippen LogP contribution in [0.5, 0.6) is 0 Å². The quantitative estimate of drug-likeness (QED) is 0.765. The van der Waals surface area contributed by atoms with Crippen LogP contribution in [0, 0.1) is 0 Å². The van der Waals surface area contributed by atoms with Gasteiger partial charge in [0.25, 0.3) is 10.2 Å². The molecule has 1 aliphatic heterocycles. The topological polar surface area (TPSA) is 49.4 Å². The lowest BCUT2D eigenvalue weighted by atomic mass is 9.97. The van der Waals surface area contributed by atoms with E-state index in [2.05, 4.69) is 10.8 Å². The zero-order valence-electron chi connectivity index (χ0n) is 10.3. The van der Waals surface area contributed by atoms with Gasteiger partial charge >= 0.3 is 0 Å². The monoisotopic (exact) mass is 258 g/mol. The zero-order valence-corrected chi connectivity index (χ0v) is 11.1. The van der Waals surface area contributed by atoms with Crippen LogP contribution < -0.4 is 4.72 Å². The van der Waals surface area contributed by atoms with Gasteiger partial charge in [-0.2, -0.15) is 12.7 Å². The van der Waals surface area contributed by atoms with Crippen LogP contribution >= 0.6 is 0 Å². The van der Waals surface area contributed by atoms with Gasteiger partial charge in [0.15, 0.2) is 0 Å². The third kappa shape index (κ3) is 3.79. The third-order valence-corrected chi connectivity index (χ3v) is 5.13. The Morgan fingerprint density at radius 1 is 1.18 bits per heavy atom. The van der Waals surface area contributed by atoms with Crippen molar-refractivity contribution in [2.24, 2.45) is 0 Å². The molecule has 2 aliphatic rings. The summed E-state index contributed by atoms with van der Waals surface area (Å²) in [6.07, 6.45) is 9.96. The van der Waals surface area contributed by atoms with Crippen LogP contribution in [0.25, 0.3) is 0 Å². The molecule has 1 saturated heterocycles. The van der Waals surface area contributed by atoms with Gasteiger partial charge in [-0.3, -0.25) is 0 Å². The van der Waals surface area contributed by atoms with Crippen molar-refractivity contribution in [3.8, 4) is 0 Å². The summed E-state index contributed by atoms with van der Waals surface area (Å²) in [7, 11) is -3.20. The number of hydrogen-bond donors (Lipinski definition) is 1. The van der Waals surface area contributed by atoms with Crippen molar-refractivity contribution in [1.82, 2.24) is 9.03 Å². The van der Waals surface area contributed by atoms with Gasteiger partial charge in [0.05, 0.1) is 0 Å². The molecule has 0 unspecified atom stereocenters. The van der Waals surface area contributed by atoms with Crippen molar-refractivity contribution >= 4 is 10.2 Å². The maximum Gasteiger partial charge on any atom is 0.279 e. The van der Waals surface area contributed by atoms with Gasteiger partial charge in [-0.15, -0.1) is 0 Å². The molecule has 2 rings (SSSR count). The molecular weight excluding hydrogens is 236 g/mol. The van der Waals surface area contributed by atoms with E-state index in [9.17, 15) is 8.42 Å². The molecule has 0 aromatic carbocycles. The van der Waals surface area contributed by atoms with Crippen LogP contribution in [0.1, 0.15) is 44.9 Å². The van der Waals surface area contributed by atoms with E-state index in [-0.39, 0.29) is 0 Å². The highest BCUT2D eigenvalue weighted by atomic mass is 32.2. The van der Waals surface area contributed by atoms with Crippen LogP contribution in [-0.4, -0.2) is 32.4 Å². The second-order valence-electron chi connectivity index (χ2n) is 4.86. The Balaban J connectivity index is 1.75. The van der Waals surface area contributed by atoms with Gasteiger partial charge in [-0.1, -0.05) is 11.6 Å².